The van der Waals surface area contributed by atoms with Crippen molar-refractivity contribution in [3.8, 4) is 0 Å². The van der Waals surface area contributed by atoms with Gasteiger partial charge in [-0.1, -0.05) is 37.8 Å². The molecule has 1 N–H and O–H groups in total. The molecule has 0 fully saturated rings. The van der Waals surface area contributed by atoms with E-state index in [1.807, 2.05) is 19.2 Å². The number of unbranched alkanes of at least 4 members (excludes halogenated alkanes) is 1. The van der Waals surface area contributed by atoms with E-state index in [1.54, 1.807) is 6.34 Å². The van der Waals surface area contributed by atoms with E-state index >= 15 is 0 Å². The second-order valence-electron chi connectivity index (χ2n) is 3.58. The first-order chi connectivity index (χ1) is 7.69. The lowest BCUT2D eigenvalue weighted by Gasteiger charge is -2.13. The molecule has 0 spiro atoms. The van der Waals surface area contributed by atoms with Crippen LogP contribution in [-0.2, 0) is 0 Å². The number of hydrogen-bond donors (Lipinski definition) is 1. The van der Waals surface area contributed by atoms with Gasteiger partial charge in [0.15, 0.2) is 0 Å². The van der Waals surface area contributed by atoms with Crippen molar-refractivity contribution in [2.24, 2.45) is 4.99 Å². The van der Waals surface area contributed by atoms with E-state index in [0.717, 1.165) is 40.3 Å². The molecule has 0 atom stereocenters. The van der Waals surface area contributed by atoms with Gasteiger partial charge in [0.1, 0.15) is 0 Å². The Morgan fingerprint density at radius 1 is 1.38 bits per heavy atom. The van der Waals surface area contributed by atoms with Crippen molar-refractivity contribution in [3.63, 3.8) is 0 Å². The average molecular weight is 252 g/mol. The van der Waals surface area contributed by atoms with Crippen LogP contribution >= 0.6 is 24.4 Å². The first-order valence-corrected chi connectivity index (χ1v) is 6.21. The maximum Gasteiger partial charge on any atom is 0.0884 e. The molecule has 0 bridgehead atoms. The van der Waals surface area contributed by atoms with Gasteiger partial charge in [-0.2, -0.15) is 0 Å². The molecule has 1 rings (SSSR count). The maximum atomic E-state index is 5.39. The molecule has 0 aromatic rings. The van der Waals surface area contributed by atoms with Crippen molar-refractivity contribution >= 4 is 40.5 Å². The minimum absolute atomic E-state index is 0.794. The van der Waals surface area contributed by atoms with Crippen LogP contribution in [0.25, 0.3) is 0 Å². The molecule has 2 nitrogen and oxygen atoms in total. The van der Waals surface area contributed by atoms with Crippen LogP contribution in [0, 0.1) is 0 Å². The van der Waals surface area contributed by atoms with Crippen LogP contribution < -0.4 is 5.32 Å². The Kier molecular flexibility index (Phi) is 5.49. The predicted molar refractivity (Wildman–Crippen MR) is 78.4 cm³/mol. The predicted octanol–water partition coefficient (Wildman–Crippen LogP) is 2.99. The zero-order valence-corrected chi connectivity index (χ0v) is 11.3. The van der Waals surface area contributed by atoms with E-state index in [4.69, 9.17) is 24.4 Å². The monoisotopic (exact) mass is 252 g/mol. The summed E-state index contributed by atoms with van der Waals surface area (Å²) in [4.78, 5) is 5.88. The zero-order valence-electron chi connectivity index (χ0n) is 9.62. The van der Waals surface area contributed by atoms with E-state index in [2.05, 4.69) is 17.2 Å². The van der Waals surface area contributed by atoms with Crippen molar-refractivity contribution in [3.05, 3.63) is 23.4 Å². The Morgan fingerprint density at radius 2 is 2.12 bits per heavy atom. The van der Waals surface area contributed by atoms with Crippen LogP contribution in [-0.4, -0.2) is 23.1 Å². The fourth-order valence-corrected chi connectivity index (χ4v) is 1.95. The molecule has 1 aliphatic carbocycles. The SMILES string of the molecule is CCCCC1=CC(=S)C=C(N=CNC)C1=S. The number of nitrogens with one attached hydrogen (secondary N) is 1. The number of rotatable bonds is 5. The van der Waals surface area contributed by atoms with E-state index in [-0.39, 0.29) is 0 Å². The van der Waals surface area contributed by atoms with Gasteiger partial charge >= 0.3 is 0 Å². The lowest BCUT2D eigenvalue weighted by molar-refractivity contribution is 0.804. The van der Waals surface area contributed by atoms with Crippen molar-refractivity contribution in [2.75, 3.05) is 7.05 Å². The molecule has 0 radical (unpaired) electrons. The van der Waals surface area contributed by atoms with Crippen LogP contribution in [0.4, 0.5) is 0 Å². The van der Waals surface area contributed by atoms with E-state index in [1.165, 1.54) is 0 Å². The summed E-state index contributed by atoms with van der Waals surface area (Å²) in [6, 6.07) is 0. The van der Waals surface area contributed by atoms with E-state index in [9.17, 15) is 0 Å². The largest absolute Gasteiger partial charge is 0.379 e. The number of hydrogen-bond acceptors (Lipinski definition) is 3. The van der Waals surface area contributed by atoms with Crippen LogP contribution in [0.2, 0.25) is 0 Å². The Hall–Kier alpha value is -0.870. The first-order valence-electron chi connectivity index (χ1n) is 5.39. The molecule has 0 aromatic heterocycles. The summed E-state index contributed by atoms with van der Waals surface area (Å²) in [5, 5.41) is 2.85. The summed E-state index contributed by atoms with van der Waals surface area (Å²) in [5.41, 5.74) is 1.94. The molecule has 0 amide bonds. The normalized spacial score (nSPS) is 16.4. The molecule has 86 valence electrons. The third-order valence-electron chi connectivity index (χ3n) is 2.25. The molecular formula is C12H16N2S2. The third-order valence-corrected chi connectivity index (χ3v) is 2.96. The summed E-state index contributed by atoms with van der Waals surface area (Å²) in [6.45, 7) is 2.17. The molecule has 0 saturated heterocycles. The van der Waals surface area contributed by atoms with Gasteiger partial charge in [0.2, 0.25) is 0 Å². The van der Waals surface area contributed by atoms with Crippen molar-refractivity contribution in [1.29, 1.82) is 0 Å². The molecule has 4 heteroatoms. The first kappa shape index (κ1) is 13.2. The highest BCUT2D eigenvalue weighted by Crippen LogP contribution is 2.20. The fourth-order valence-electron chi connectivity index (χ4n) is 1.43. The van der Waals surface area contributed by atoms with E-state index < -0.39 is 0 Å². The van der Waals surface area contributed by atoms with Gasteiger partial charge in [-0.05, 0) is 30.6 Å². The lowest BCUT2D eigenvalue weighted by atomic mass is 9.98. The molecule has 0 aliphatic heterocycles. The molecular weight excluding hydrogens is 236 g/mol. The molecule has 0 heterocycles. The van der Waals surface area contributed by atoms with Crippen LogP contribution in [0.3, 0.4) is 0 Å². The third kappa shape index (κ3) is 3.61. The minimum Gasteiger partial charge on any atom is -0.379 e. The van der Waals surface area contributed by atoms with Gasteiger partial charge < -0.3 is 5.32 Å². The fraction of sp³-hybridized carbons (Fsp3) is 0.417. The topological polar surface area (TPSA) is 24.4 Å². The molecule has 16 heavy (non-hydrogen) atoms. The van der Waals surface area contributed by atoms with Gasteiger partial charge in [-0.25, -0.2) is 4.99 Å². The smallest absolute Gasteiger partial charge is 0.0884 e. The van der Waals surface area contributed by atoms with Gasteiger partial charge in [0.05, 0.1) is 16.9 Å². The van der Waals surface area contributed by atoms with Gasteiger partial charge in [-0.3, -0.25) is 0 Å². The quantitative estimate of drug-likeness (QED) is 0.462. The summed E-state index contributed by atoms with van der Waals surface area (Å²) in [5.74, 6) is 0. The summed E-state index contributed by atoms with van der Waals surface area (Å²) in [6.07, 6.45) is 8.75. The highest BCUT2D eigenvalue weighted by atomic mass is 32.1. The van der Waals surface area contributed by atoms with Crippen molar-refractivity contribution < 1.29 is 0 Å². The van der Waals surface area contributed by atoms with Gasteiger partial charge in [-0.15, -0.1) is 0 Å². The van der Waals surface area contributed by atoms with Crippen molar-refractivity contribution in [1.82, 2.24) is 5.32 Å². The van der Waals surface area contributed by atoms with Crippen molar-refractivity contribution in [2.45, 2.75) is 26.2 Å². The second-order valence-corrected chi connectivity index (χ2v) is 4.46. The Bertz CT molecular complexity index is 378. The van der Waals surface area contributed by atoms with Crippen LogP contribution in [0.1, 0.15) is 26.2 Å². The Balaban J connectivity index is 2.80. The maximum absolute atomic E-state index is 5.39. The highest BCUT2D eigenvalue weighted by Gasteiger charge is 2.14. The molecule has 0 unspecified atom stereocenters. The number of allylic oxidation sites excluding steroid dienone is 3. The standard InChI is InChI=1S/C12H16N2S2/c1-3-4-5-9-6-10(15)7-11(12(9)16)14-8-13-2/h6-8H,3-5H2,1-2H3,(H,13,14). The Morgan fingerprint density at radius 3 is 2.75 bits per heavy atom. The zero-order chi connectivity index (χ0) is 12.0. The minimum atomic E-state index is 0.794. The van der Waals surface area contributed by atoms with Crippen LogP contribution in [0.5, 0.6) is 0 Å². The van der Waals surface area contributed by atoms with Gasteiger partial charge in [0, 0.05) is 11.9 Å². The molecule has 0 aromatic carbocycles. The second kappa shape index (κ2) is 6.66. The van der Waals surface area contributed by atoms with E-state index in [0.29, 0.717) is 0 Å². The molecule has 1 aliphatic rings. The summed E-state index contributed by atoms with van der Waals surface area (Å²) in [7, 11) is 1.81. The lowest BCUT2D eigenvalue weighted by Crippen LogP contribution is -2.12. The average Bonchev–Trinajstić information content (AvgIpc) is 2.28. The summed E-state index contributed by atoms with van der Waals surface area (Å²) >= 11 is 10.6. The summed E-state index contributed by atoms with van der Waals surface area (Å²) < 4.78 is 0. The number of thiocarbonyl (C=S) groups is 2. The highest BCUT2D eigenvalue weighted by molar-refractivity contribution is 7.82. The van der Waals surface area contributed by atoms with Crippen LogP contribution in [0.15, 0.2) is 28.4 Å². The Labute approximate surface area is 108 Å². The number of aliphatic imine (C=N–C) groups is 1. The van der Waals surface area contributed by atoms with Gasteiger partial charge in [0.25, 0.3) is 0 Å². The number of nitrogens with zero attached hydrogens (tertiary/aromatic N) is 1. The molecule has 0 saturated carbocycles.